The van der Waals surface area contributed by atoms with Crippen molar-refractivity contribution < 1.29 is 14.3 Å². The average Bonchev–Trinajstić information content (AvgIpc) is 2.34. The van der Waals surface area contributed by atoms with E-state index in [1.54, 1.807) is 7.11 Å². The van der Waals surface area contributed by atoms with Gasteiger partial charge in [-0.3, -0.25) is 4.79 Å². The fraction of sp³-hybridized carbons (Fsp3) is 0.500. The third-order valence-corrected chi connectivity index (χ3v) is 2.58. The minimum Gasteiger partial charge on any atom is -0.382 e. The van der Waals surface area contributed by atoms with E-state index in [1.807, 2.05) is 32.0 Å². The summed E-state index contributed by atoms with van der Waals surface area (Å²) in [7, 11) is 1.60. The lowest BCUT2D eigenvalue weighted by Gasteiger charge is -2.15. The molecule has 1 N–H and O–H groups in total. The van der Waals surface area contributed by atoms with Gasteiger partial charge in [0, 0.05) is 7.11 Å². The van der Waals surface area contributed by atoms with Gasteiger partial charge in [0.1, 0.15) is 6.61 Å². The van der Waals surface area contributed by atoms with E-state index < -0.39 is 0 Å². The molecule has 0 fully saturated rings. The number of methoxy groups -OCH3 is 1. The Morgan fingerprint density at radius 1 is 1.39 bits per heavy atom. The zero-order chi connectivity index (χ0) is 13.4. The second-order valence-electron chi connectivity index (χ2n) is 4.25. The van der Waals surface area contributed by atoms with Gasteiger partial charge in [0.15, 0.2) is 0 Å². The van der Waals surface area contributed by atoms with Crippen LogP contribution in [0.3, 0.4) is 0 Å². The third kappa shape index (κ3) is 5.29. The molecule has 100 valence electrons. The van der Waals surface area contributed by atoms with Gasteiger partial charge in [-0.2, -0.15) is 0 Å². The van der Waals surface area contributed by atoms with Crippen molar-refractivity contribution in [3.8, 4) is 0 Å². The molecular weight excluding hydrogens is 230 g/mol. The topological polar surface area (TPSA) is 47.6 Å². The van der Waals surface area contributed by atoms with Crippen molar-refractivity contribution in [2.24, 2.45) is 0 Å². The maximum atomic E-state index is 11.6. The molecule has 0 heterocycles. The fourth-order valence-corrected chi connectivity index (χ4v) is 1.61. The molecule has 1 aromatic rings. The van der Waals surface area contributed by atoms with E-state index in [2.05, 4.69) is 11.4 Å². The van der Waals surface area contributed by atoms with Crippen LogP contribution in [0.25, 0.3) is 0 Å². The Balaban J connectivity index is 2.35. The Bertz CT molecular complexity index is 379. The Hall–Kier alpha value is -1.39. The first-order valence-electron chi connectivity index (χ1n) is 6.06. The van der Waals surface area contributed by atoms with Crippen molar-refractivity contribution in [2.45, 2.75) is 19.9 Å². The van der Waals surface area contributed by atoms with Gasteiger partial charge in [-0.25, -0.2) is 0 Å². The van der Waals surface area contributed by atoms with Crippen molar-refractivity contribution in [3.63, 3.8) is 0 Å². The highest BCUT2D eigenvalue weighted by Gasteiger charge is 2.09. The largest absolute Gasteiger partial charge is 0.382 e. The summed E-state index contributed by atoms with van der Waals surface area (Å²) in [6.07, 6.45) is 0. The summed E-state index contributed by atoms with van der Waals surface area (Å²) in [5.41, 5.74) is 2.28. The van der Waals surface area contributed by atoms with Gasteiger partial charge in [0.05, 0.1) is 19.3 Å². The van der Waals surface area contributed by atoms with Crippen molar-refractivity contribution in [2.75, 3.05) is 26.9 Å². The van der Waals surface area contributed by atoms with Gasteiger partial charge in [0.25, 0.3) is 0 Å². The monoisotopic (exact) mass is 251 g/mol. The fourth-order valence-electron chi connectivity index (χ4n) is 1.61. The summed E-state index contributed by atoms with van der Waals surface area (Å²) < 4.78 is 9.99. The van der Waals surface area contributed by atoms with Gasteiger partial charge in [-0.05, 0) is 19.4 Å². The minimum atomic E-state index is -0.111. The van der Waals surface area contributed by atoms with Crippen LogP contribution >= 0.6 is 0 Å². The standard InChI is InChI=1S/C14H21NO3/c1-11-5-4-6-13(9-11)12(2)15-14(16)10-18-8-7-17-3/h4-6,9,12H,7-8,10H2,1-3H3,(H,15,16)/t12-/m0/s1. The summed E-state index contributed by atoms with van der Waals surface area (Å²) in [5, 5.41) is 2.90. The Morgan fingerprint density at radius 3 is 2.83 bits per heavy atom. The number of hydrogen-bond acceptors (Lipinski definition) is 3. The van der Waals surface area contributed by atoms with E-state index in [4.69, 9.17) is 9.47 Å². The molecular formula is C14H21NO3. The SMILES string of the molecule is COCCOCC(=O)N[C@@H](C)c1cccc(C)c1. The molecule has 0 aliphatic rings. The second-order valence-corrected chi connectivity index (χ2v) is 4.25. The Kier molecular flexibility index (Phi) is 6.39. The molecule has 0 aliphatic carbocycles. The number of rotatable bonds is 7. The lowest BCUT2D eigenvalue weighted by Crippen LogP contribution is -2.30. The van der Waals surface area contributed by atoms with Crippen molar-refractivity contribution >= 4 is 5.91 Å². The van der Waals surface area contributed by atoms with Crippen LogP contribution in [-0.4, -0.2) is 32.8 Å². The lowest BCUT2D eigenvalue weighted by atomic mass is 10.1. The smallest absolute Gasteiger partial charge is 0.246 e. The van der Waals surface area contributed by atoms with E-state index >= 15 is 0 Å². The summed E-state index contributed by atoms with van der Waals surface area (Å²) in [6.45, 7) is 5.00. The Labute approximate surface area is 108 Å². The van der Waals surface area contributed by atoms with Crippen molar-refractivity contribution in [1.82, 2.24) is 5.32 Å². The number of benzene rings is 1. The second kappa shape index (κ2) is 7.84. The zero-order valence-corrected chi connectivity index (χ0v) is 11.2. The molecule has 1 rings (SSSR count). The van der Waals surface area contributed by atoms with E-state index in [-0.39, 0.29) is 18.6 Å². The highest BCUT2D eigenvalue weighted by Crippen LogP contribution is 2.13. The number of hydrogen-bond donors (Lipinski definition) is 1. The number of carbonyl (C=O) groups excluding carboxylic acids is 1. The maximum Gasteiger partial charge on any atom is 0.246 e. The summed E-state index contributed by atoms with van der Waals surface area (Å²) in [4.78, 5) is 11.6. The molecule has 0 radical (unpaired) electrons. The number of aryl methyl sites for hydroxylation is 1. The Morgan fingerprint density at radius 2 is 2.17 bits per heavy atom. The molecule has 0 aromatic heterocycles. The molecule has 4 heteroatoms. The predicted molar refractivity (Wildman–Crippen MR) is 70.4 cm³/mol. The average molecular weight is 251 g/mol. The van der Waals surface area contributed by atoms with Crippen LogP contribution in [0.2, 0.25) is 0 Å². The molecule has 0 spiro atoms. The normalized spacial score (nSPS) is 12.2. The van der Waals surface area contributed by atoms with Gasteiger partial charge < -0.3 is 14.8 Å². The van der Waals surface area contributed by atoms with Gasteiger partial charge in [0.2, 0.25) is 5.91 Å². The molecule has 18 heavy (non-hydrogen) atoms. The van der Waals surface area contributed by atoms with Crippen LogP contribution < -0.4 is 5.32 Å². The van der Waals surface area contributed by atoms with Crippen LogP contribution in [0, 0.1) is 6.92 Å². The summed E-state index contributed by atoms with van der Waals surface area (Å²) in [5.74, 6) is -0.111. The van der Waals surface area contributed by atoms with Crippen LogP contribution in [0.15, 0.2) is 24.3 Å². The number of ether oxygens (including phenoxy) is 2. The summed E-state index contributed by atoms with van der Waals surface area (Å²) >= 11 is 0. The number of nitrogens with one attached hydrogen (secondary N) is 1. The lowest BCUT2D eigenvalue weighted by molar-refractivity contribution is -0.126. The van der Waals surface area contributed by atoms with Gasteiger partial charge in [-0.15, -0.1) is 0 Å². The highest BCUT2D eigenvalue weighted by atomic mass is 16.5. The molecule has 1 aromatic carbocycles. The first kappa shape index (κ1) is 14.7. The summed E-state index contributed by atoms with van der Waals surface area (Å²) in [6, 6.07) is 8.08. The molecule has 0 unspecified atom stereocenters. The van der Waals surface area contributed by atoms with Crippen LogP contribution in [-0.2, 0) is 14.3 Å². The minimum absolute atomic E-state index is 0.0107. The number of carbonyl (C=O) groups is 1. The van der Waals surface area contributed by atoms with Gasteiger partial charge >= 0.3 is 0 Å². The zero-order valence-electron chi connectivity index (χ0n) is 11.2. The molecule has 0 saturated heterocycles. The highest BCUT2D eigenvalue weighted by molar-refractivity contribution is 5.77. The van der Waals surface area contributed by atoms with E-state index in [1.165, 1.54) is 5.56 Å². The van der Waals surface area contributed by atoms with E-state index in [9.17, 15) is 4.79 Å². The third-order valence-electron chi connectivity index (χ3n) is 2.58. The molecule has 0 bridgehead atoms. The van der Waals surface area contributed by atoms with Crippen LogP contribution in [0.1, 0.15) is 24.1 Å². The first-order valence-corrected chi connectivity index (χ1v) is 6.06. The van der Waals surface area contributed by atoms with E-state index in [0.29, 0.717) is 13.2 Å². The molecule has 1 amide bonds. The van der Waals surface area contributed by atoms with Crippen LogP contribution in [0.4, 0.5) is 0 Å². The molecule has 0 aliphatic heterocycles. The van der Waals surface area contributed by atoms with E-state index in [0.717, 1.165) is 5.56 Å². The molecule has 4 nitrogen and oxygen atoms in total. The predicted octanol–water partition coefficient (Wildman–Crippen LogP) is 1.84. The van der Waals surface area contributed by atoms with Crippen LogP contribution in [0.5, 0.6) is 0 Å². The van der Waals surface area contributed by atoms with Gasteiger partial charge in [-0.1, -0.05) is 29.8 Å². The maximum absolute atomic E-state index is 11.6. The van der Waals surface area contributed by atoms with Crippen molar-refractivity contribution in [1.29, 1.82) is 0 Å². The molecule has 0 saturated carbocycles. The van der Waals surface area contributed by atoms with Crippen molar-refractivity contribution in [3.05, 3.63) is 35.4 Å². The molecule has 1 atom stereocenters. The quantitative estimate of drug-likeness (QED) is 0.752. The first-order chi connectivity index (χ1) is 8.63. The number of amides is 1.